The quantitative estimate of drug-likeness (QED) is 0.804. The van der Waals surface area contributed by atoms with Crippen molar-refractivity contribution < 1.29 is 8.78 Å². The van der Waals surface area contributed by atoms with Crippen molar-refractivity contribution in [1.29, 1.82) is 0 Å². The van der Waals surface area contributed by atoms with Crippen molar-refractivity contribution in [2.75, 3.05) is 0 Å². The number of halogens is 3. The highest BCUT2D eigenvalue weighted by Crippen LogP contribution is 2.27. The number of rotatable bonds is 4. The van der Waals surface area contributed by atoms with E-state index >= 15 is 0 Å². The van der Waals surface area contributed by atoms with Gasteiger partial charge in [0, 0.05) is 22.7 Å². The Morgan fingerprint density at radius 1 is 0.952 bits per heavy atom. The molecule has 0 heterocycles. The molecule has 112 valence electrons. The van der Waals surface area contributed by atoms with Crippen LogP contribution in [0.25, 0.3) is 0 Å². The van der Waals surface area contributed by atoms with E-state index < -0.39 is 11.6 Å². The number of hydrogen-bond donors (Lipinski definition) is 1. The van der Waals surface area contributed by atoms with E-state index in [0.717, 1.165) is 5.56 Å². The van der Waals surface area contributed by atoms with Gasteiger partial charge in [-0.3, -0.25) is 0 Å². The van der Waals surface area contributed by atoms with Crippen molar-refractivity contribution in [3.05, 3.63) is 69.7 Å². The zero-order valence-electron chi connectivity index (χ0n) is 12.3. The van der Waals surface area contributed by atoms with Crippen LogP contribution in [0.3, 0.4) is 0 Å². The van der Waals surface area contributed by atoms with Crippen LogP contribution in [0.4, 0.5) is 8.78 Å². The predicted octanol–water partition coefficient (Wildman–Crippen LogP) is 5.34. The second-order valence-corrected chi connectivity index (χ2v) is 5.66. The Hall–Kier alpha value is -1.45. The summed E-state index contributed by atoms with van der Waals surface area (Å²) in [6, 6.07) is 9.56. The van der Waals surface area contributed by atoms with Crippen LogP contribution >= 0.6 is 11.6 Å². The fraction of sp³-hybridized carbons (Fsp3) is 0.294. The molecule has 0 aliphatic heterocycles. The Balaban J connectivity index is 2.20. The van der Waals surface area contributed by atoms with Gasteiger partial charge in [-0.05, 0) is 50.1 Å². The van der Waals surface area contributed by atoms with Crippen LogP contribution in [-0.2, 0) is 0 Å². The number of nitrogens with one attached hydrogen (secondary N) is 1. The van der Waals surface area contributed by atoms with E-state index in [2.05, 4.69) is 5.32 Å². The van der Waals surface area contributed by atoms with Crippen molar-refractivity contribution in [2.24, 2.45) is 0 Å². The van der Waals surface area contributed by atoms with Gasteiger partial charge in [-0.2, -0.15) is 0 Å². The van der Waals surface area contributed by atoms with Crippen molar-refractivity contribution >= 4 is 11.6 Å². The number of aryl methyl sites for hydroxylation is 1. The van der Waals surface area contributed by atoms with Gasteiger partial charge in [0.2, 0.25) is 0 Å². The van der Waals surface area contributed by atoms with Gasteiger partial charge >= 0.3 is 0 Å². The molecule has 1 N–H and O–H groups in total. The topological polar surface area (TPSA) is 12.0 Å². The molecular weight excluding hydrogens is 292 g/mol. The van der Waals surface area contributed by atoms with Gasteiger partial charge in [-0.25, -0.2) is 8.78 Å². The van der Waals surface area contributed by atoms with Crippen molar-refractivity contribution in [2.45, 2.75) is 32.9 Å². The summed E-state index contributed by atoms with van der Waals surface area (Å²) in [5.74, 6) is -0.800. The van der Waals surface area contributed by atoms with E-state index in [0.29, 0.717) is 16.1 Å². The highest BCUT2D eigenvalue weighted by molar-refractivity contribution is 6.31. The molecule has 0 aromatic heterocycles. The minimum Gasteiger partial charge on any atom is -0.303 e. The first-order valence-electron chi connectivity index (χ1n) is 6.86. The average Bonchev–Trinajstić information content (AvgIpc) is 2.43. The van der Waals surface area contributed by atoms with Gasteiger partial charge in [0.15, 0.2) is 0 Å². The molecule has 0 amide bonds. The van der Waals surface area contributed by atoms with E-state index in [9.17, 15) is 8.78 Å². The molecule has 2 aromatic carbocycles. The smallest absolute Gasteiger partial charge is 0.128 e. The Bertz CT molecular complexity index is 643. The van der Waals surface area contributed by atoms with Gasteiger partial charge < -0.3 is 5.32 Å². The molecule has 2 rings (SSSR count). The molecule has 4 heteroatoms. The Kier molecular flexibility index (Phi) is 4.96. The molecule has 2 atom stereocenters. The van der Waals surface area contributed by atoms with E-state index in [1.165, 1.54) is 12.1 Å². The van der Waals surface area contributed by atoms with E-state index in [1.807, 2.05) is 31.2 Å². The monoisotopic (exact) mass is 309 g/mol. The number of hydrogen-bond acceptors (Lipinski definition) is 1. The summed E-state index contributed by atoms with van der Waals surface area (Å²) in [6.07, 6.45) is 0. The molecule has 21 heavy (non-hydrogen) atoms. The minimum atomic E-state index is -0.403. The Morgan fingerprint density at radius 3 is 2.24 bits per heavy atom. The van der Waals surface area contributed by atoms with Gasteiger partial charge in [0.25, 0.3) is 0 Å². The molecule has 0 aliphatic carbocycles. The summed E-state index contributed by atoms with van der Waals surface area (Å²) < 4.78 is 27.6. The zero-order valence-corrected chi connectivity index (χ0v) is 13.0. The lowest BCUT2D eigenvalue weighted by atomic mass is 10.0. The first-order chi connectivity index (χ1) is 9.90. The summed E-state index contributed by atoms with van der Waals surface area (Å²) in [7, 11) is 0. The molecule has 0 radical (unpaired) electrons. The molecular formula is C17H18ClF2N. The maximum Gasteiger partial charge on any atom is 0.128 e. The standard InChI is InChI=1S/C17H18ClF2N/c1-10-8-17(20)14(9-16(10)19)12(3)21-11(2)13-6-4-5-7-15(13)18/h4-9,11-12,21H,1-3H3/t11-,12?/m1/s1. The van der Waals surface area contributed by atoms with Crippen molar-refractivity contribution in [3.63, 3.8) is 0 Å². The molecule has 1 unspecified atom stereocenters. The zero-order chi connectivity index (χ0) is 15.6. The van der Waals surface area contributed by atoms with Crippen LogP contribution in [0, 0.1) is 18.6 Å². The normalized spacial score (nSPS) is 14.0. The van der Waals surface area contributed by atoms with Crippen molar-refractivity contribution in [1.82, 2.24) is 5.32 Å². The maximum absolute atomic E-state index is 14.0. The summed E-state index contributed by atoms with van der Waals surface area (Å²) in [6.45, 7) is 5.30. The molecule has 0 fully saturated rings. The van der Waals surface area contributed by atoms with Gasteiger partial charge in [-0.15, -0.1) is 0 Å². The van der Waals surface area contributed by atoms with Crippen molar-refractivity contribution in [3.8, 4) is 0 Å². The Morgan fingerprint density at radius 2 is 1.57 bits per heavy atom. The van der Waals surface area contributed by atoms with Crippen LogP contribution in [0.2, 0.25) is 5.02 Å². The lowest BCUT2D eigenvalue weighted by Gasteiger charge is -2.22. The maximum atomic E-state index is 14.0. The van der Waals surface area contributed by atoms with Gasteiger partial charge in [0.05, 0.1) is 0 Å². The summed E-state index contributed by atoms with van der Waals surface area (Å²) in [4.78, 5) is 0. The third-order valence-electron chi connectivity index (χ3n) is 3.62. The third-order valence-corrected chi connectivity index (χ3v) is 3.96. The molecule has 0 bridgehead atoms. The number of benzene rings is 2. The predicted molar refractivity (Wildman–Crippen MR) is 82.5 cm³/mol. The minimum absolute atomic E-state index is 0.0718. The largest absolute Gasteiger partial charge is 0.303 e. The lowest BCUT2D eigenvalue weighted by molar-refractivity contribution is 0.469. The molecule has 1 nitrogen and oxygen atoms in total. The summed E-state index contributed by atoms with van der Waals surface area (Å²) in [5.41, 5.74) is 1.55. The van der Waals surface area contributed by atoms with Gasteiger partial charge in [-0.1, -0.05) is 29.8 Å². The van der Waals surface area contributed by atoms with E-state index in [4.69, 9.17) is 11.6 Å². The molecule has 0 saturated heterocycles. The average molecular weight is 310 g/mol. The van der Waals surface area contributed by atoms with E-state index in [-0.39, 0.29) is 12.1 Å². The SMILES string of the molecule is Cc1cc(F)c(C(C)N[C@H](C)c2ccccc2Cl)cc1F. The second kappa shape index (κ2) is 6.54. The fourth-order valence-electron chi connectivity index (χ4n) is 2.37. The Labute approximate surface area is 128 Å². The summed E-state index contributed by atoms with van der Waals surface area (Å²) in [5, 5.41) is 3.90. The van der Waals surface area contributed by atoms with Crippen LogP contribution < -0.4 is 5.32 Å². The highest BCUT2D eigenvalue weighted by atomic mass is 35.5. The summed E-state index contributed by atoms with van der Waals surface area (Å²) >= 11 is 6.15. The second-order valence-electron chi connectivity index (χ2n) is 5.25. The molecule has 0 saturated carbocycles. The van der Waals surface area contributed by atoms with Crippen LogP contribution in [0.1, 0.15) is 42.6 Å². The van der Waals surface area contributed by atoms with Gasteiger partial charge in [0.1, 0.15) is 11.6 Å². The van der Waals surface area contributed by atoms with E-state index in [1.54, 1.807) is 13.8 Å². The van der Waals surface area contributed by atoms with Crippen LogP contribution in [0.5, 0.6) is 0 Å². The molecule has 0 aliphatic rings. The van der Waals surface area contributed by atoms with Crippen LogP contribution in [0.15, 0.2) is 36.4 Å². The fourth-order valence-corrected chi connectivity index (χ4v) is 2.67. The first kappa shape index (κ1) is 15.9. The lowest BCUT2D eigenvalue weighted by Crippen LogP contribution is -2.23. The highest BCUT2D eigenvalue weighted by Gasteiger charge is 2.17. The first-order valence-corrected chi connectivity index (χ1v) is 7.24. The van der Waals surface area contributed by atoms with Crippen LogP contribution in [-0.4, -0.2) is 0 Å². The third kappa shape index (κ3) is 3.60. The molecule has 2 aromatic rings. The molecule has 0 spiro atoms.